The highest BCUT2D eigenvalue weighted by Gasteiger charge is 2.32. The van der Waals surface area contributed by atoms with E-state index in [2.05, 4.69) is 4.98 Å². The summed E-state index contributed by atoms with van der Waals surface area (Å²) >= 11 is 5.96. The number of esters is 1. The molecule has 3 rings (SSSR count). The lowest BCUT2D eigenvalue weighted by Gasteiger charge is -2.22. The van der Waals surface area contributed by atoms with Crippen LogP contribution in [-0.4, -0.2) is 36.1 Å². The minimum absolute atomic E-state index is 0.0483. The molecule has 2 aromatic rings. The van der Waals surface area contributed by atoms with Crippen molar-refractivity contribution in [2.45, 2.75) is 45.6 Å². The molecule has 0 fully saturated rings. The maximum absolute atomic E-state index is 12.7. The molecule has 5 nitrogen and oxygen atoms in total. The first kappa shape index (κ1) is 19.6. The zero-order valence-corrected chi connectivity index (χ0v) is 16.6. The highest BCUT2D eigenvalue weighted by Crippen LogP contribution is 2.35. The summed E-state index contributed by atoms with van der Waals surface area (Å²) in [5.74, 6) is -0.333. The Labute approximate surface area is 164 Å². The standard InChI is InChI=1S/C21H24ClNO4/c1-12(2)26-8-9-27-21(25)20-13(3)19-17(23-20)10-15(11-18(19)24)14-4-6-16(22)7-5-14/h4-7,12,15,23H,8-11H2,1-3H3/t15-/m0/s1. The van der Waals surface area contributed by atoms with Gasteiger partial charge in [-0.25, -0.2) is 4.79 Å². The van der Waals surface area contributed by atoms with Crippen molar-refractivity contribution < 1.29 is 19.1 Å². The minimum atomic E-state index is -0.454. The van der Waals surface area contributed by atoms with E-state index in [1.54, 1.807) is 6.92 Å². The number of benzene rings is 1. The maximum Gasteiger partial charge on any atom is 0.355 e. The van der Waals surface area contributed by atoms with Crippen LogP contribution in [0.5, 0.6) is 0 Å². The number of halogens is 1. The Morgan fingerprint density at radius 3 is 2.59 bits per heavy atom. The zero-order valence-electron chi connectivity index (χ0n) is 15.8. The minimum Gasteiger partial charge on any atom is -0.459 e. The number of aromatic nitrogens is 1. The van der Waals surface area contributed by atoms with Crippen LogP contribution in [0.2, 0.25) is 5.02 Å². The number of aromatic amines is 1. The van der Waals surface area contributed by atoms with Gasteiger partial charge in [0.25, 0.3) is 0 Å². The van der Waals surface area contributed by atoms with E-state index in [1.807, 2.05) is 38.1 Å². The molecule has 1 N–H and O–H groups in total. The van der Waals surface area contributed by atoms with Gasteiger partial charge in [0.15, 0.2) is 5.78 Å². The number of H-pyrrole nitrogens is 1. The summed E-state index contributed by atoms with van der Waals surface area (Å²) in [6, 6.07) is 7.56. The summed E-state index contributed by atoms with van der Waals surface area (Å²) in [6.07, 6.45) is 1.18. The first-order valence-electron chi connectivity index (χ1n) is 9.15. The third-order valence-electron chi connectivity index (χ3n) is 4.80. The van der Waals surface area contributed by atoms with Crippen molar-refractivity contribution in [2.24, 2.45) is 0 Å². The van der Waals surface area contributed by atoms with E-state index < -0.39 is 5.97 Å². The molecule has 1 aromatic carbocycles. The molecule has 0 saturated heterocycles. The highest BCUT2D eigenvalue weighted by atomic mass is 35.5. The van der Waals surface area contributed by atoms with E-state index in [-0.39, 0.29) is 24.4 Å². The van der Waals surface area contributed by atoms with Crippen LogP contribution in [0.4, 0.5) is 0 Å². The summed E-state index contributed by atoms with van der Waals surface area (Å²) in [7, 11) is 0. The fraction of sp³-hybridized carbons (Fsp3) is 0.429. The van der Waals surface area contributed by atoms with Gasteiger partial charge in [-0.2, -0.15) is 0 Å². The molecular weight excluding hydrogens is 366 g/mol. The van der Waals surface area contributed by atoms with E-state index in [0.29, 0.717) is 41.3 Å². The van der Waals surface area contributed by atoms with Crippen LogP contribution in [0.1, 0.15) is 63.9 Å². The van der Waals surface area contributed by atoms with Crippen LogP contribution in [0, 0.1) is 6.92 Å². The molecule has 0 unspecified atom stereocenters. The van der Waals surface area contributed by atoms with Crippen LogP contribution in [0.15, 0.2) is 24.3 Å². The molecule has 0 radical (unpaired) electrons. The van der Waals surface area contributed by atoms with Crippen LogP contribution in [0.25, 0.3) is 0 Å². The van der Waals surface area contributed by atoms with Gasteiger partial charge >= 0.3 is 5.97 Å². The summed E-state index contributed by atoms with van der Waals surface area (Å²) in [4.78, 5) is 28.2. The molecule has 27 heavy (non-hydrogen) atoms. The Morgan fingerprint density at radius 1 is 1.22 bits per heavy atom. The Balaban J connectivity index is 1.74. The maximum atomic E-state index is 12.7. The number of fused-ring (bicyclic) bond motifs is 1. The lowest BCUT2D eigenvalue weighted by Crippen LogP contribution is -2.18. The van der Waals surface area contributed by atoms with Crippen molar-refractivity contribution >= 4 is 23.4 Å². The molecule has 6 heteroatoms. The Kier molecular flexibility index (Phi) is 6.02. The molecular formula is C21H24ClNO4. The number of Topliss-reactive ketones (excluding diaryl/α,β-unsaturated/α-hetero) is 1. The third kappa shape index (κ3) is 4.42. The Bertz CT molecular complexity index is 839. The van der Waals surface area contributed by atoms with E-state index in [9.17, 15) is 9.59 Å². The van der Waals surface area contributed by atoms with E-state index in [0.717, 1.165) is 11.3 Å². The molecule has 1 heterocycles. The first-order chi connectivity index (χ1) is 12.9. The predicted octanol–water partition coefficient (Wildman–Crippen LogP) is 4.47. The van der Waals surface area contributed by atoms with Crippen molar-refractivity contribution in [1.29, 1.82) is 0 Å². The largest absolute Gasteiger partial charge is 0.459 e. The van der Waals surface area contributed by atoms with Crippen molar-refractivity contribution in [3.63, 3.8) is 0 Å². The van der Waals surface area contributed by atoms with Gasteiger partial charge in [0.1, 0.15) is 12.3 Å². The van der Waals surface area contributed by atoms with Crippen LogP contribution in [-0.2, 0) is 15.9 Å². The van der Waals surface area contributed by atoms with Gasteiger partial charge in [-0.15, -0.1) is 0 Å². The van der Waals surface area contributed by atoms with Crippen molar-refractivity contribution in [1.82, 2.24) is 4.98 Å². The summed E-state index contributed by atoms with van der Waals surface area (Å²) in [5, 5.41) is 0.670. The van der Waals surface area contributed by atoms with E-state index in [1.165, 1.54) is 0 Å². The number of hydrogen-bond donors (Lipinski definition) is 1. The third-order valence-corrected chi connectivity index (χ3v) is 5.05. The molecule has 1 aliphatic carbocycles. The normalized spacial score (nSPS) is 16.5. The average molecular weight is 390 g/mol. The summed E-state index contributed by atoms with van der Waals surface area (Å²) < 4.78 is 10.7. The smallest absolute Gasteiger partial charge is 0.355 e. The van der Waals surface area contributed by atoms with Gasteiger partial charge in [0.05, 0.1) is 12.7 Å². The van der Waals surface area contributed by atoms with Gasteiger partial charge in [0.2, 0.25) is 0 Å². The fourth-order valence-electron chi connectivity index (χ4n) is 3.50. The predicted molar refractivity (Wildman–Crippen MR) is 104 cm³/mol. The zero-order chi connectivity index (χ0) is 19.6. The number of hydrogen-bond acceptors (Lipinski definition) is 4. The average Bonchev–Trinajstić information content (AvgIpc) is 2.96. The van der Waals surface area contributed by atoms with Gasteiger partial charge in [-0.3, -0.25) is 4.79 Å². The number of rotatable bonds is 6. The Morgan fingerprint density at radius 2 is 1.93 bits per heavy atom. The number of ketones is 1. The van der Waals surface area contributed by atoms with Crippen molar-refractivity contribution in [3.05, 3.63) is 57.4 Å². The molecule has 144 valence electrons. The molecule has 1 atom stereocenters. The topological polar surface area (TPSA) is 68.4 Å². The van der Waals surface area contributed by atoms with Crippen LogP contribution in [0.3, 0.4) is 0 Å². The summed E-state index contributed by atoms with van der Waals surface area (Å²) in [6.45, 7) is 6.17. The van der Waals surface area contributed by atoms with Crippen LogP contribution >= 0.6 is 11.6 Å². The fourth-order valence-corrected chi connectivity index (χ4v) is 3.62. The lowest BCUT2D eigenvalue weighted by molar-refractivity contribution is 0.0172. The lowest BCUT2D eigenvalue weighted by atomic mass is 9.81. The van der Waals surface area contributed by atoms with Crippen LogP contribution < -0.4 is 0 Å². The summed E-state index contributed by atoms with van der Waals surface area (Å²) in [5.41, 5.74) is 3.52. The molecule has 1 aromatic heterocycles. The number of nitrogens with one attached hydrogen (secondary N) is 1. The SMILES string of the molecule is Cc1c(C(=O)OCCOC(C)C)[nH]c2c1C(=O)C[C@@H](c1ccc(Cl)cc1)C2. The molecule has 1 aliphatic rings. The number of ether oxygens (including phenoxy) is 2. The monoisotopic (exact) mass is 389 g/mol. The molecule has 0 amide bonds. The highest BCUT2D eigenvalue weighted by molar-refractivity contribution is 6.30. The Hall–Kier alpha value is -2.11. The second kappa shape index (κ2) is 8.28. The molecule has 0 bridgehead atoms. The quantitative estimate of drug-likeness (QED) is 0.584. The first-order valence-corrected chi connectivity index (χ1v) is 9.53. The number of carbonyl (C=O) groups excluding carboxylic acids is 2. The molecule has 0 aliphatic heterocycles. The molecule has 0 spiro atoms. The van der Waals surface area contributed by atoms with Gasteiger partial charge in [-0.1, -0.05) is 23.7 Å². The van der Waals surface area contributed by atoms with Gasteiger partial charge in [-0.05, 0) is 56.4 Å². The van der Waals surface area contributed by atoms with Gasteiger partial charge < -0.3 is 14.5 Å². The van der Waals surface area contributed by atoms with Crippen molar-refractivity contribution in [2.75, 3.05) is 13.2 Å². The second-order valence-corrected chi connectivity index (χ2v) is 7.55. The number of carbonyl (C=O) groups is 2. The second-order valence-electron chi connectivity index (χ2n) is 7.11. The van der Waals surface area contributed by atoms with E-state index >= 15 is 0 Å². The van der Waals surface area contributed by atoms with E-state index in [4.69, 9.17) is 21.1 Å². The van der Waals surface area contributed by atoms with Crippen molar-refractivity contribution in [3.8, 4) is 0 Å². The molecule has 0 saturated carbocycles. The van der Waals surface area contributed by atoms with Gasteiger partial charge in [0, 0.05) is 22.7 Å².